The van der Waals surface area contributed by atoms with Crippen LogP contribution in [0, 0.1) is 18.8 Å². The summed E-state index contributed by atoms with van der Waals surface area (Å²) in [5.74, 6) is -2.65. The number of ketones is 1. The van der Waals surface area contributed by atoms with Crippen LogP contribution in [0.1, 0.15) is 51.4 Å². The Morgan fingerprint density at radius 3 is 2.29 bits per heavy atom. The summed E-state index contributed by atoms with van der Waals surface area (Å²) < 4.78 is 27.0. The van der Waals surface area contributed by atoms with Crippen LogP contribution in [0.25, 0.3) is 0 Å². The molecule has 3 rings (SSSR count). The number of Topliss-reactive ketones (excluding diaryl/α,β-unsaturated/α-hetero) is 1. The molecule has 1 aliphatic rings. The number of pyridine rings is 1. The first-order valence-corrected chi connectivity index (χ1v) is 8.33. The molecule has 0 aromatic carbocycles. The molecule has 0 bridgehead atoms. The number of carbonyl (C=O) groups is 2. The van der Waals surface area contributed by atoms with Crippen molar-refractivity contribution in [3.8, 4) is 0 Å². The molecule has 0 saturated heterocycles. The lowest BCUT2D eigenvalue weighted by Gasteiger charge is -2.37. The predicted octanol–water partition coefficient (Wildman–Crippen LogP) is 3.53. The monoisotopic (exact) mass is 351 g/mol. The van der Waals surface area contributed by atoms with Gasteiger partial charge in [-0.25, -0.2) is 4.98 Å². The lowest BCUT2D eigenvalue weighted by atomic mass is 9.90. The first-order valence-electron chi connectivity index (χ1n) is 7.52. The Bertz CT molecular complexity index is 797. The summed E-state index contributed by atoms with van der Waals surface area (Å²) >= 11 is 1.14. The second-order valence-electron chi connectivity index (χ2n) is 5.71. The minimum atomic E-state index is -0.985. The SMILES string of the molecule is CC(=O)c1nc(C(=O)N(c2cc(F)nc(F)c2)C2CCC2)c(C)s1. The Kier molecular flexibility index (Phi) is 4.40. The molecule has 2 aromatic rings. The summed E-state index contributed by atoms with van der Waals surface area (Å²) in [4.78, 5) is 33.6. The number of aromatic nitrogens is 2. The highest BCUT2D eigenvalue weighted by Crippen LogP contribution is 2.32. The first-order chi connectivity index (χ1) is 11.4. The first kappa shape index (κ1) is 16.6. The van der Waals surface area contributed by atoms with Gasteiger partial charge in [-0.1, -0.05) is 0 Å². The van der Waals surface area contributed by atoms with E-state index in [2.05, 4.69) is 9.97 Å². The van der Waals surface area contributed by atoms with Crippen molar-refractivity contribution in [2.45, 2.75) is 39.2 Å². The lowest BCUT2D eigenvalue weighted by molar-refractivity contribution is 0.0959. The fraction of sp³-hybridized carbons (Fsp3) is 0.375. The Hall–Kier alpha value is -2.22. The minimum Gasteiger partial charge on any atom is -0.304 e. The number of thiazole rings is 1. The predicted molar refractivity (Wildman–Crippen MR) is 85.5 cm³/mol. The van der Waals surface area contributed by atoms with E-state index in [0.29, 0.717) is 4.88 Å². The second kappa shape index (κ2) is 6.35. The van der Waals surface area contributed by atoms with Gasteiger partial charge in [-0.15, -0.1) is 11.3 Å². The fourth-order valence-electron chi connectivity index (χ4n) is 2.59. The lowest BCUT2D eigenvalue weighted by Crippen LogP contribution is -2.45. The molecule has 24 heavy (non-hydrogen) atoms. The summed E-state index contributed by atoms with van der Waals surface area (Å²) in [6.45, 7) is 3.08. The summed E-state index contributed by atoms with van der Waals surface area (Å²) in [6.07, 6.45) is 2.44. The van der Waals surface area contributed by atoms with Gasteiger partial charge >= 0.3 is 0 Å². The molecule has 0 spiro atoms. The third kappa shape index (κ3) is 3.06. The van der Waals surface area contributed by atoms with E-state index in [1.807, 2.05) is 0 Å². The zero-order valence-corrected chi connectivity index (χ0v) is 14.0. The largest absolute Gasteiger partial charge is 0.304 e. The van der Waals surface area contributed by atoms with Gasteiger partial charge in [0.25, 0.3) is 5.91 Å². The summed E-state index contributed by atoms with van der Waals surface area (Å²) in [6, 6.07) is 1.93. The number of rotatable bonds is 4. The van der Waals surface area contributed by atoms with Gasteiger partial charge in [0.05, 0.1) is 5.69 Å². The average molecular weight is 351 g/mol. The number of amides is 1. The highest BCUT2D eigenvalue weighted by molar-refractivity contribution is 7.13. The molecule has 5 nitrogen and oxygen atoms in total. The molecule has 8 heteroatoms. The van der Waals surface area contributed by atoms with Gasteiger partial charge in [0.15, 0.2) is 10.8 Å². The minimum absolute atomic E-state index is 0.117. The number of anilines is 1. The van der Waals surface area contributed by atoms with Crippen molar-refractivity contribution in [1.29, 1.82) is 0 Å². The molecule has 1 saturated carbocycles. The molecule has 1 fully saturated rings. The van der Waals surface area contributed by atoms with E-state index in [-0.39, 0.29) is 28.2 Å². The van der Waals surface area contributed by atoms with Crippen LogP contribution in [0.4, 0.5) is 14.5 Å². The maximum absolute atomic E-state index is 13.5. The number of hydrogen-bond acceptors (Lipinski definition) is 5. The molecular formula is C16H15F2N3O2S. The third-order valence-electron chi connectivity index (χ3n) is 3.98. The van der Waals surface area contributed by atoms with Gasteiger partial charge in [-0.2, -0.15) is 13.8 Å². The number of halogens is 2. The third-order valence-corrected chi connectivity index (χ3v) is 5.06. The maximum atomic E-state index is 13.5. The van der Waals surface area contributed by atoms with Crippen molar-refractivity contribution >= 4 is 28.7 Å². The van der Waals surface area contributed by atoms with Gasteiger partial charge in [-0.3, -0.25) is 9.59 Å². The average Bonchev–Trinajstić information content (AvgIpc) is 2.83. The van der Waals surface area contributed by atoms with Crippen molar-refractivity contribution in [1.82, 2.24) is 9.97 Å². The van der Waals surface area contributed by atoms with Crippen molar-refractivity contribution in [3.05, 3.63) is 39.6 Å². The van der Waals surface area contributed by atoms with Crippen LogP contribution < -0.4 is 4.90 Å². The van der Waals surface area contributed by atoms with E-state index in [0.717, 1.165) is 42.7 Å². The van der Waals surface area contributed by atoms with Gasteiger partial charge in [0.1, 0.15) is 5.69 Å². The smallest absolute Gasteiger partial charge is 0.278 e. The highest BCUT2D eigenvalue weighted by atomic mass is 32.1. The van der Waals surface area contributed by atoms with Crippen molar-refractivity contribution < 1.29 is 18.4 Å². The van der Waals surface area contributed by atoms with Crippen LogP contribution in [0.2, 0.25) is 0 Å². The zero-order valence-electron chi connectivity index (χ0n) is 13.2. The van der Waals surface area contributed by atoms with E-state index in [1.54, 1.807) is 6.92 Å². The maximum Gasteiger partial charge on any atom is 0.278 e. The van der Waals surface area contributed by atoms with E-state index in [4.69, 9.17) is 0 Å². The summed E-state index contributed by atoms with van der Waals surface area (Å²) in [7, 11) is 0. The molecule has 0 aliphatic heterocycles. The van der Waals surface area contributed by atoms with Gasteiger partial charge in [0, 0.05) is 30.0 Å². The molecular weight excluding hydrogens is 336 g/mol. The standard InChI is InChI=1S/C16H15F2N3O2S/c1-8(22)15-20-14(9(2)24-15)16(23)21(10-4-3-5-10)11-6-12(17)19-13(18)7-11/h6-7,10H,3-5H2,1-2H3. The molecule has 0 atom stereocenters. The number of hydrogen-bond donors (Lipinski definition) is 0. The van der Waals surface area contributed by atoms with Crippen LogP contribution in [0.3, 0.4) is 0 Å². The molecule has 0 N–H and O–H groups in total. The second-order valence-corrected chi connectivity index (χ2v) is 6.91. The highest BCUT2D eigenvalue weighted by Gasteiger charge is 2.33. The molecule has 0 radical (unpaired) electrons. The Morgan fingerprint density at radius 1 is 1.21 bits per heavy atom. The molecule has 126 valence electrons. The Morgan fingerprint density at radius 2 is 1.83 bits per heavy atom. The number of nitrogens with zero attached hydrogens (tertiary/aromatic N) is 3. The van der Waals surface area contributed by atoms with E-state index in [9.17, 15) is 18.4 Å². The topological polar surface area (TPSA) is 63.2 Å². The fourth-order valence-corrected chi connectivity index (χ4v) is 3.39. The van der Waals surface area contributed by atoms with Crippen molar-refractivity contribution in [2.24, 2.45) is 0 Å². The Labute approximate surface area is 141 Å². The quantitative estimate of drug-likeness (QED) is 0.624. The number of carbonyl (C=O) groups excluding carboxylic acids is 2. The van der Waals surface area contributed by atoms with Gasteiger partial charge in [-0.05, 0) is 26.2 Å². The van der Waals surface area contributed by atoms with E-state index >= 15 is 0 Å². The molecule has 0 unspecified atom stereocenters. The summed E-state index contributed by atoms with van der Waals surface area (Å²) in [5, 5.41) is 0.247. The van der Waals surface area contributed by atoms with Gasteiger partial charge < -0.3 is 4.90 Å². The number of aryl methyl sites for hydroxylation is 1. The molecule has 2 aromatic heterocycles. The van der Waals surface area contributed by atoms with Crippen LogP contribution in [-0.4, -0.2) is 27.7 Å². The van der Waals surface area contributed by atoms with E-state index in [1.165, 1.54) is 11.8 Å². The van der Waals surface area contributed by atoms with E-state index < -0.39 is 17.8 Å². The molecule has 1 aliphatic carbocycles. The van der Waals surface area contributed by atoms with Gasteiger partial charge in [0.2, 0.25) is 11.9 Å². The van der Waals surface area contributed by atoms with Crippen LogP contribution in [0.15, 0.2) is 12.1 Å². The Balaban J connectivity index is 2.03. The molecule has 1 amide bonds. The van der Waals surface area contributed by atoms with Crippen LogP contribution in [0.5, 0.6) is 0 Å². The zero-order chi connectivity index (χ0) is 17.4. The molecule has 2 heterocycles. The normalized spacial score (nSPS) is 14.3. The van der Waals surface area contributed by atoms with Crippen LogP contribution in [-0.2, 0) is 0 Å². The van der Waals surface area contributed by atoms with Crippen molar-refractivity contribution in [2.75, 3.05) is 4.90 Å². The van der Waals surface area contributed by atoms with Crippen molar-refractivity contribution in [3.63, 3.8) is 0 Å². The summed E-state index contributed by atoms with van der Waals surface area (Å²) in [5.41, 5.74) is 0.265. The van der Waals surface area contributed by atoms with Crippen LogP contribution >= 0.6 is 11.3 Å².